The molecule has 2 unspecified atom stereocenters. The Hall–Kier alpha value is -1.30. The van der Waals surface area contributed by atoms with Gasteiger partial charge in [-0.3, -0.25) is 4.79 Å². The fourth-order valence-electron chi connectivity index (χ4n) is 3.34. The lowest BCUT2D eigenvalue weighted by Crippen LogP contribution is -2.45. The molecule has 5 nitrogen and oxygen atoms in total. The third-order valence-corrected chi connectivity index (χ3v) is 4.47. The normalized spacial score (nSPS) is 24.1. The topological polar surface area (TPSA) is 50.8 Å². The zero-order valence-electron chi connectivity index (χ0n) is 13.5. The summed E-state index contributed by atoms with van der Waals surface area (Å²) < 4.78 is 10.7. The molecule has 1 aromatic rings. The summed E-state index contributed by atoms with van der Waals surface area (Å²) in [6.45, 7) is 3.04. The lowest BCUT2D eigenvalue weighted by atomic mass is 10.0. The van der Waals surface area contributed by atoms with Gasteiger partial charge in [0, 0.05) is 25.6 Å². The van der Waals surface area contributed by atoms with E-state index in [1.165, 1.54) is 0 Å². The third-order valence-electron chi connectivity index (χ3n) is 4.47. The fourth-order valence-corrected chi connectivity index (χ4v) is 3.34. The van der Waals surface area contributed by atoms with E-state index < -0.39 is 0 Å². The number of benzene rings is 1. The van der Waals surface area contributed by atoms with Gasteiger partial charge in [0.05, 0.1) is 26.4 Å². The van der Waals surface area contributed by atoms with E-state index in [4.69, 9.17) is 9.47 Å². The maximum Gasteiger partial charge on any atom is 0.224 e. The van der Waals surface area contributed by atoms with Crippen LogP contribution in [0.5, 0.6) is 5.75 Å². The van der Waals surface area contributed by atoms with Crippen LogP contribution < -0.4 is 10.1 Å². The smallest absolute Gasteiger partial charge is 0.224 e. The summed E-state index contributed by atoms with van der Waals surface area (Å²) in [6, 6.07) is 8.37. The van der Waals surface area contributed by atoms with E-state index in [0.717, 1.165) is 43.9 Å². The number of amides is 1. The molecule has 2 fully saturated rings. The zero-order chi connectivity index (χ0) is 15.4. The highest BCUT2D eigenvalue weighted by atomic mass is 35.5. The van der Waals surface area contributed by atoms with Gasteiger partial charge in [-0.2, -0.15) is 0 Å². The quantitative estimate of drug-likeness (QED) is 0.912. The van der Waals surface area contributed by atoms with Gasteiger partial charge in [-0.1, -0.05) is 12.1 Å². The maximum atomic E-state index is 12.7. The molecule has 128 valence electrons. The third kappa shape index (κ3) is 4.37. The first-order chi connectivity index (χ1) is 10.8. The van der Waals surface area contributed by atoms with Crippen LogP contribution in [0, 0.1) is 0 Å². The van der Waals surface area contributed by atoms with Crippen LogP contribution >= 0.6 is 12.4 Å². The van der Waals surface area contributed by atoms with Gasteiger partial charge in [0.1, 0.15) is 5.75 Å². The molecule has 2 atom stereocenters. The van der Waals surface area contributed by atoms with Crippen LogP contribution in [0.1, 0.15) is 30.9 Å². The van der Waals surface area contributed by atoms with E-state index in [2.05, 4.69) is 11.4 Å². The van der Waals surface area contributed by atoms with Crippen molar-refractivity contribution in [3.63, 3.8) is 0 Å². The second kappa shape index (κ2) is 8.52. The average Bonchev–Trinajstić information content (AvgIpc) is 3.05. The molecule has 0 aliphatic carbocycles. The molecule has 2 saturated heterocycles. The van der Waals surface area contributed by atoms with E-state index >= 15 is 0 Å². The van der Waals surface area contributed by atoms with Crippen LogP contribution in [0.4, 0.5) is 0 Å². The van der Waals surface area contributed by atoms with Crippen LogP contribution in [-0.2, 0) is 9.53 Å². The number of hydrogen-bond acceptors (Lipinski definition) is 4. The summed E-state index contributed by atoms with van der Waals surface area (Å²) in [5, 5.41) is 3.35. The second-order valence-electron chi connectivity index (χ2n) is 5.95. The van der Waals surface area contributed by atoms with Gasteiger partial charge in [0.2, 0.25) is 5.91 Å². The lowest BCUT2D eigenvalue weighted by molar-refractivity contribution is -0.133. The molecule has 23 heavy (non-hydrogen) atoms. The van der Waals surface area contributed by atoms with E-state index in [1.807, 2.05) is 23.1 Å². The van der Waals surface area contributed by atoms with Crippen molar-refractivity contribution in [2.45, 2.75) is 31.3 Å². The lowest BCUT2D eigenvalue weighted by Gasteiger charge is -2.29. The molecule has 0 radical (unpaired) electrons. The molecular formula is C17H25ClN2O3. The zero-order valence-corrected chi connectivity index (χ0v) is 14.3. The molecule has 0 bridgehead atoms. The minimum atomic E-state index is 0. The standard InChI is InChI=1S/C17H24N2O3.ClH/c1-21-15-5-2-4-13(10-15)16-6-3-8-19(16)17(20)11-14-12-22-9-7-18-14;/h2,4-5,10,14,16,18H,3,6-9,11-12H2,1H3;1H. The summed E-state index contributed by atoms with van der Waals surface area (Å²) in [7, 11) is 1.67. The fraction of sp³-hybridized carbons (Fsp3) is 0.588. The van der Waals surface area contributed by atoms with Crippen molar-refractivity contribution >= 4 is 18.3 Å². The van der Waals surface area contributed by atoms with Crippen molar-refractivity contribution in [3.8, 4) is 5.75 Å². The van der Waals surface area contributed by atoms with Gasteiger partial charge in [0.15, 0.2) is 0 Å². The number of hydrogen-bond donors (Lipinski definition) is 1. The number of nitrogens with zero attached hydrogens (tertiary/aromatic N) is 1. The Bertz CT molecular complexity index is 520. The molecule has 0 spiro atoms. The number of methoxy groups -OCH3 is 1. The highest BCUT2D eigenvalue weighted by Gasteiger charge is 2.31. The monoisotopic (exact) mass is 340 g/mol. The van der Waals surface area contributed by atoms with E-state index in [-0.39, 0.29) is 30.4 Å². The Morgan fingerprint density at radius 3 is 3.09 bits per heavy atom. The minimum absolute atomic E-state index is 0. The number of ether oxygens (including phenoxy) is 2. The maximum absolute atomic E-state index is 12.7. The van der Waals surface area contributed by atoms with Crippen molar-refractivity contribution in [2.24, 2.45) is 0 Å². The number of likely N-dealkylation sites (tertiary alicyclic amines) is 1. The highest BCUT2D eigenvalue weighted by Crippen LogP contribution is 2.34. The van der Waals surface area contributed by atoms with E-state index in [9.17, 15) is 4.79 Å². The minimum Gasteiger partial charge on any atom is -0.497 e. The van der Waals surface area contributed by atoms with Gasteiger partial charge in [-0.05, 0) is 30.5 Å². The summed E-state index contributed by atoms with van der Waals surface area (Å²) in [6.07, 6.45) is 2.59. The summed E-state index contributed by atoms with van der Waals surface area (Å²) in [5.74, 6) is 1.06. The number of carbonyl (C=O) groups is 1. The van der Waals surface area contributed by atoms with Crippen LogP contribution in [-0.4, -0.2) is 50.3 Å². The van der Waals surface area contributed by atoms with E-state index in [1.54, 1.807) is 7.11 Å². The molecule has 0 saturated carbocycles. The molecule has 1 amide bonds. The first-order valence-electron chi connectivity index (χ1n) is 8.02. The number of morpholine rings is 1. The molecule has 0 aromatic heterocycles. The number of rotatable bonds is 4. The molecule has 3 rings (SSSR count). The number of halogens is 1. The first-order valence-corrected chi connectivity index (χ1v) is 8.02. The Labute approximate surface area is 143 Å². The van der Waals surface area contributed by atoms with Crippen molar-refractivity contribution in [1.29, 1.82) is 0 Å². The largest absolute Gasteiger partial charge is 0.497 e. The van der Waals surface area contributed by atoms with Crippen LogP contribution in [0.15, 0.2) is 24.3 Å². The second-order valence-corrected chi connectivity index (χ2v) is 5.95. The number of carbonyl (C=O) groups excluding carboxylic acids is 1. The van der Waals surface area contributed by atoms with Crippen molar-refractivity contribution < 1.29 is 14.3 Å². The SMILES string of the molecule is COc1cccc(C2CCCN2C(=O)CC2COCCN2)c1.Cl. The first kappa shape index (κ1) is 18.0. The molecule has 1 N–H and O–H groups in total. The van der Waals surface area contributed by atoms with Crippen LogP contribution in [0.3, 0.4) is 0 Å². The van der Waals surface area contributed by atoms with Gasteiger partial charge in [0.25, 0.3) is 0 Å². The van der Waals surface area contributed by atoms with Crippen molar-refractivity contribution in [3.05, 3.63) is 29.8 Å². The predicted molar refractivity (Wildman–Crippen MR) is 91.2 cm³/mol. The Kier molecular flexibility index (Phi) is 6.69. The van der Waals surface area contributed by atoms with Gasteiger partial charge in [-0.25, -0.2) is 0 Å². The predicted octanol–water partition coefficient (Wildman–Crippen LogP) is 2.16. The van der Waals surface area contributed by atoms with Gasteiger partial charge < -0.3 is 19.7 Å². The average molecular weight is 341 g/mol. The van der Waals surface area contributed by atoms with Gasteiger partial charge >= 0.3 is 0 Å². The Morgan fingerprint density at radius 2 is 2.35 bits per heavy atom. The molecular weight excluding hydrogens is 316 g/mol. The van der Waals surface area contributed by atoms with Crippen LogP contribution in [0.25, 0.3) is 0 Å². The molecule has 1 aromatic carbocycles. The summed E-state index contributed by atoms with van der Waals surface area (Å²) in [5.41, 5.74) is 1.16. The molecule has 2 aliphatic heterocycles. The highest BCUT2D eigenvalue weighted by molar-refractivity contribution is 5.85. The van der Waals surface area contributed by atoms with Crippen molar-refractivity contribution in [1.82, 2.24) is 10.2 Å². The number of nitrogens with one attached hydrogen (secondary N) is 1. The van der Waals surface area contributed by atoms with E-state index in [0.29, 0.717) is 13.0 Å². The molecule has 2 heterocycles. The van der Waals surface area contributed by atoms with Crippen molar-refractivity contribution in [2.75, 3.05) is 33.4 Å². The summed E-state index contributed by atoms with van der Waals surface area (Å²) >= 11 is 0. The van der Waals surface area contributed by atoms with Gasteiger partial charge in [-0.15, -0.1) is 12.4 Å². The summed E-state index contributed by atoms with van der Waals surface area (Å²) in [4.78, 5) is 14.7. The molecule has 6 heteroatoms. The Balaban J connectivity index is 0.00000192. The molecule has 2 aliphatic rings. The van der Waals surface area contributed by atoms with Crippen LogP contribution in [0.2, 0.25) is 0 Å². The Morgan fingerprint density at radius 1 is 1.48 bits per heavy atom.